The smallest absolute Gasteiger partial charge is 0.368 e. The number of nitrogens with zero attached hydrogens (tertiary/aromatic N) is 6. The van der Waals surface area contributed by atoms with Crippen LogP contribution in [0.3, 0.4) is 0 Å². The number of hydrogen-bond acceptors (Lipinski definition) is 6. The maximum atomic E-state index is 12.0. The Labute approximate surface area is 129 Å². The first-order valence-corrected chi connectivity index (χ1v) is 7.11. The maximum absolute atomic E-state index is 12.0. The molecular weight excluding hydrogens is 316 g/mol. The second-order valence-electron chi connectivity index (χ2n) is 4.22. The standard InChI is InChI=1S/C11H11ClN6O2S/c1-16-5-8(18-11(19)17(2)14-15-18)7(9(16)12)6-20-10-13-3-4-21-10/h3-5H,6H2,1-2H3/i3T. The largest absolute Gasteiger partial charge is 0.465 e. The van der Waals surface area contributed by atoms with Crippen LogP contribution in [0.15, 0.2) is 22.5 Å². The van der Waals surface area contributed by atoms with E-state index in [-0.39, 0.29) is 18.5 Å². The zero-order valence-corrected chi connectivity index (χ0v) is 12.7. The van der Waals surface area contributed by atoms with Gasteiger partial charge in [-0.05, 0) is 10.4 Å². The van der Waals surface area contributed by atoms with Gasteiger partial charge in [0.25, 0.3) is 5.19 Å². The fraction of sp³-hybridized carbons (Fsp3) is 0.273. The summed E-state index contributed by atoms with van der Waals surface area (Å²) in [5.74, 6) is 0. The lowest BCUT2D eigenvalue weighted by atomic mass is 10.3. The molecule has 0 aromatic carbocycles. The van der Waals surface area contributed by atoms with Crippen LogP contribution in [-0.2, 0) is 20.7 Å². The molecule has 0 atom stereocenters. The highest BCUT2D eigenvalue weighted by molar-refractivity contribution is 7.11. The van der Waals surface area contributed by atoms with Crippen molar-refractivity contribution in [2.45, 2.75) is 6.61 Å². The molecule has 0 aliphatic rings. The summed E-state index contributed by atoms with van der Waals surface area (Å²) in [5.41, 5.74) is 0.702. The number of halogens is 1. The zero-order valence-electron chi connectivity index (χ0n) is 12.1. The Kier molecular flexibility index (Phi) is 3.20. The quantitative estimate of drug-likeness (QED) is 0.713. The molecule has 3 aromatic heterocycles. The van der Waals surface area contributed by atoms with Gasteiger partial charge in [-0.3, -0.25) is 0 Å². The van der Waals surface area contributed by atoms with Gasteiger partial charge in [-0.2, -0.15) is 9.36 Å². The van der Waals surface area contributed by atoms with Gasteiger partial charge in [-0.15, -0.1) is 0 Å². The van der Waals surface area contributed by atoms with Crippen molar-refractivity contribution in [1.82, 2.24) is 29.3 Å². The van der Waals surface area contributed by atoms with E-state index in [1.807, 2.05) is 0 Å². The molecule has 0 N–H and O–H groups in total. The maximum Gasteiger partial charge on any atom is 0.368 e. The Morgan fingerprint density at radius 2 is 2.29 bits per heavy atom. The van der Waals surface area contributed by atoms with Crippen molar-refractivity contribution < 1.29 is 6.11 Å². The molecule has 8 nitrogen and oxygen atoms in total. The Hall–Kier alpha value is -2.13. The molecule has 0 radical (unpaired) electrons. The highest BCUT2D eigenvalue weighted by Crippen LogP contribution is 2.26. The summed E-state index contributed by atoms with van der Waals surface area (Å²) in [6.45, 7) is 0.102. The number of aromatic nitrogens is 6. The SMILES string of the molecule is [3H]c1csc(OCc2c(-n3nnn(C)c3=O)cn(C)c2Cl)n1. The number of rotatable bonds is 4. The van der Waals surface area contributed by atoms with Gasteiger partial charge < -0.3 is 9.30 Å². The molecule has 3 aromatic rings. The van der Waals surface area contributed by atoms with Crippen LogP contribution in [-0.4, -0.2) is 29.3 Å². The van der Waals surface area contributed by atoms with Crippen LogP contribution in [0.5, 0.6) is 5.19 Å². The van der Waals surface area contributed by atoms with Crippen LogP contribution >= 0.6 is 22.9 Å². The van der Waals surface area contributed by atoms with Gasteiger partial charge in [0, 0.05) is 31.8 Å². The first-order valence-electron chi connectivity index (χ1n) is 6.35. The minimum absolute atomic E-state index is 0.102. The molecule has 21 heavy (non-hydrogen) atoms. The molecule has 0 amide bonds. The lowest BCUT2D eigenvalue weighted by Crippen LogP contribution is -2.22. The van der Waals surface area contributed by atoms with Crippen molar-refractivity contribution in [1.29, 1.82) is 0 Å². The van der Waals surface area contributed by atoms with E-state index in [0.29, 0.717) is 21.6 Å². The highest BCUT2D eigenvalue weighted by Gasteiger charge is 2.18. The second kappa shape index (κ2) is 5.34. The van der Waals surface area contributed by atoms with Crippen molar-refractivity contribution in [3.63, 3.8) is 0 Å². The molecule has 0 saturated heterocycles. The molecule has 0 saturated carbocycles. The summed E-state index contributed by atoms with van der Waals surface area (Å²) in [6, 6.07) is 0. The van der Waals surface area contributed by atoms with Crippen LogP contribution in [0.4, 0.5) is 0 Å². The first kappa shape index (κ1) is 12.6. The van der Waals surface area contributed by atoms with E-state index < -0.39 is 0 Å². The Balaban J connectivity index is 1.96. The molecule has 0 spiro atoms. The summed E-state index contributed by atoms with van der Waals surface area (Å²) in [7, 11) is 3.26. The number of thiazole rings is 1. The first-order chi connectivity index (χ1) is 10.5. The molecular formula is C11H11ClN6O2S. The van der Waals surface area contributed by atoms with Gasteiger partial charge >= 0.3 is 5.69 Å². The van der Waals surface area contributed by atoms with E-state index in [9.17, 15) is 4.79 Å². The topological polar surface area (TPSA) is 79.8 Å². The molecule has 0 unspecified atom stereocenters. The number of hydrogen-bond donors (Lipinski definition) is 0. The van der Waals surface area contributed by atoms with Crippen LogP contribution in [0.25, 0.3) is 5.69 Å². The van der Waals surface area contributed by atoms with Crippen molar-refractivity contribution in [3.05, 3.63) is 39.0 Å². The van der Waals surface area contributed by atoms with E-state index in [4.69, 9.17) is 17.7 Å². The third kappa shape index (κ3) is 2.45. The average Bonchev–Trinajstić information content (AvgIpc) is 3.11. The number of aryl methyl sites for hydroxylation is 2. The Morgan fingerprint density at radius 3 is 2.90 bits per heavy atom. The lowest BCUT2D eigenvalue weighted by Gasteiger charge is -2.04. The average molecular weight is 329 g/mol. The normalized spacial score (nSPS) is 11.7. The fourth-order valence-corrected chi connectivity index (χ4v) is 2.44. The van der Waals surface area contributed by atoms with Gasteiger partial charge in [0.15, 0.2) is 0 Å². The second-order valence-corrected chi connectivity index (χ2v) is 5.40. The third-order valence-electron chi connectivity index (χ3n) is 2.84. The van der Waals surface area contributed by atoms with Crippen molar-refractivity contribution in [2.75, 3.05) is 0 Å². The molecule has 0 aliphatic heterocycles. The third-order valence-corrected chi connectivity index (χ3v) is 3.97. The van der Waals surface area contributed by atoms with E-state index >= 15 is 0 Å². The summed E-state index contributed by atoms with van der Waals surface area (Å²) in [4.78, 5) is 15.9. The van der Waals surface area contributed by atoms with Crippen LogP contribution < -0.4 is 10.4 Å². The summed E-state index contributed by atoms with van der Waals surface area (Å²) in [5, 5.41) is 9.84. The summed E-state index contributed by atoms with van der Waals surface area (Å²) >= 11 is 7.47. The summed E-state index contributed by atoms with van der Waals surface area (Å²) in [6.07, 6.45) is 1.82. The molecule has 3 rings (SSSR count). The highest BCUT2D eigenvalue weighted by atomic mass is 35.5. The zero-order chi connectivity index (χ0) is 15.9. The Bertz CT molecular complexity index is 882. The van der Waals surface area contributed by atoms with Gasteiger partial charge in [0.1, 0.15) is 11.8 Å². The predicted molar refractivity (Wildman–Crippen MR) is 77.0 cm³/mol. The summed E-state index contributed by atoms with van der Waals surface area (Å²) < 4.78 is 16.9. The number of ether oxygens (including phenoxy) is 1. The fourth-order valence-electron chi connectivity index (χ4n) is 1.80. The predicted octanol–water partition coefficient (Wildman–Crippen LogP) is 0.993. The lowest BCUT2D eigenvalue weighted by molar-refractivity contribution is 0.304. The van der Waals surface area contributed by atoms with Crippen LogP contribution in [0.1, 0.15) is 6.93 Å². The van der Waals surface area contributed by atoms with Crippen molar-refractivity contribution in [3.8, 4) is 10.9 Å². The minimum Gasteiger partial charge on any atom is -0.465 e. The van der Waals surface area contributed by atoms with Gasteiger partial charge in [0.05, 0.1) is 12.6 Å². The minimum atomic E-state index is -0.383. The van der Waals surface area contributed by atoms with Gasteiger partial charge in [-0.25, -0.2) is 9.78 Å². The van der Waals surface area contributed by atoms with Gasteiger partial charge in [-0.1, -0.05) is 22.9 Å². The van der Waals surface area contributed by atoms with E-state index in [0.717, 1.165) is 9.36 Å². The van der Waals surface area contributed by atoms with E-state index in [1.165, 1.54) is 18.4 Å². The number of tetrazole rings is 1. The van der Waals surface area contributed by atoms with Crippen molar-refractivity contribution >= 4 is 22.9 Å². The van der Waals surface area contributed by atoms with Crippen molar-refractivity contribution in [2.24, 2.45) is 14.1 Å². The van der Waals surface area contributed by atoms with Crippen LogP contribution in [0.2, 0.25) is 5.15 Å². The molecule has 0 fully saturated rings. The van der Waals surface area contributed by atoms with Gasteiger partial charge in [0.2, 0.25) is 0 Å². The molecule has 110 valence electrons. The Morgan fingerprint density at radius 1 is 1.48 bits per heavy atom. The molecule has 3 heterocycles. The van der Waals surface area contributed by atoms with Crippen LogP contribution in [0, 0.1) is 0 Å². The van der Waals surface area contributed by atoms with E-state index in [2.05, 4.69) is 15.4 Å². The monoisotopic (exact) mass is 328 g/mol. The molecule has 0 bridgehead atoms. The molecule has 0 aliphatic carbocycles. The van der Waals surface area contributed by atoms with E-state index in [1.54, 1.807) is 23.2 Å². The molecule has 10 heteroatoms.